The summed E-state index contributed by atoms with van der Waals surface area (Å²) < 4.78 is 0. The van der Waals surface area contributed by atoms with E-state index in [0.717, 1.165) is 0 Å². The fourth-order valence-corrected chi connectivity index (χ4v) is 0.426. The molecule has 1 radical (unpaired) electrons. The van der Waals surface area contributed by atoms with E-state index in [1.165, 1.54) is 13.8 Å². The molecule has 0 amide bonds. The number of ketones is 1. The molecule has 0 unspecified atom stereocenters. The third-order valence-corrected chi connectivity index (χ3v) is 0.993. The van der Waals surface area contributed by atoms with Crippen LogP contribution >= 0.6 is 0 Å². The van der Waals surface area contributed by atoms with Crippen LogP contribution in [-0.4, -0.2) is 11.4 Å². The van der Waals surface area contributed by atoms with Crippen molar-refractivity contribution < 1.29 is 9.90 Å². The molecule has 0 aromatic rings. The molecule has 2 nitrogen and oxygen atoms in total. The topological polar surface area (TPSA) is 37.0 Å². The Hall–Kier alpha value is -0.370. The number of carbonyl (C=O) groups excluding carboxylic acids is 1. The van der Waals surface area contributed by atoms with Crippen molar-refractivity contribution in [3.63, 3.8) is 0 Å². The Morgan fingerprint density at radius 1 is 1.50 bits per heavy atom. The number of hydrogen-bond acceptors (Lipinski definition) is 1. The normalized spacial score (nSPS) is 11.5. The van der Waals surface area contributed by atoms with E-state index in [0.29, 0.717) is 6.42 Å². The zero-order chi connectivity index (χ0) is 6.78. The summed E-state index contributed by atoms with van der Waals surface area (Å²) in [6, 6.07) is 0. The smallest absolute Gasteiger partial charge is 0.167 e. The average molecular weight is 115 g/mol. The Kier molecular flexibility index (Phi) is 2.16. The Morgan fingerprint density at radius 3 is 1.88 bits per heavy atom. The van der Waals surface area contributed by atoms with Gasteiger partial charge in [0.1, 0.15) is 0 Å². The molecule has 0 saturated heterocycles. The van der Waals surface area contributed by atoms with E-state index in [4.69, 9.17) is 0 Å². The van der Waals surface area contributed by atoms with Crippen LogP contribution in [0.4, 0.5) is 0 Å². The van der Waals surface area contributed by atoms with Gasteiger partial charge in [0, 0.05) is 6.42 Å². The van der Waals surface area contributed by atoms with Gasteiger partial charge in [0.2, 0.25) is 0 Å². The molecular weight excluding hydrogens is 104 g/mol. The predicted octanol–water partition coefficient (Wildman–Crippen LogP) is 1.17. The predicted molar refractivity (Wildman–Crippen MR) is 30.1 cm³/mol. The molecule has 0 fully saturated rings. The van der Waals surface area contributed by atoms with Gasteiger partial charge in [-0.05, 0) is 13.8 Å². The first-order valence-corrected chi connectivity index (χ1v) is 2.72. The zero-order valence-corrected chi connectivity index (χ0v) is 5.52. The summed E-state index contributed by atoms with van der Waals surface area (Å²) in [5.74, 6) is -0.225. The molecule has 0 aliphatic heterocycles. The Bertz CT molecular complexity index is 89.2. The number of Topliss-reactive ketones (excluding diaryl/α,β-unsaturated/α-hetero) is 1. The zero-order valence-electron chi connectivity index (χ0n) is 5.52. The summed E-state index contributed by atoms with van der Waals surface area (Å²) in [7, 11) is 0. The van der Waals surface area contributed by atoms with Crippen LogP contribution < -0.4 is 0 Å². The first-order chi connectivity index (χ1) is 3.48. The maximum atomic E-state index is 10.7. The Balaban J connectivity index is 3.82. The SMILES string of the molecule is CCC(=O)C(C)(C)[O]. The molecule has 0 rings (SSSR count). The highest BCUT2D eigenvalue weighted by atomic mass is 16.3. The lowest BCUT2D eigenvalue weighted by Gasteiger charge is -2.09. The van der Waals surface area contributed by atoms with Crippen LogP contribution in [0.2, 0.25) is 0 Å². The van der Waals surface area contributed by atoms with E-state index in [1.54, 1.807) is 6.92 Å². The summed E-state index contributed by atoms with van der Waals surface area (Å²) in [4.78, 5) is 10.5. The highest BCUT2D eigenvalue weighted by Crippen LogP contribution is 2.05. The van der Waals surface area contributed by atoms with Gasteiger partial charge >= 0.3 is 0 Å². The third-order valence-electron chi connectivity index (χ3n) is 0.993. The van der Waals surface area contributed by atoms with Gasteiger partial charge in [-0.2, -0.15) is 0 Å². The number of carbonyl (C=O) groups is 1. The Morgan fingerprint density at radius 2 is 1.88 bits per heavy atom. The molecule has 0 spiro atoms. The van der Waals surface area contributed by atoms with Crippen molar-refractivity contribution in [3.8, 4) is 0 Å². The maximum Gasteiger partial charge on any atom is 0.167 e. The van der Waals surface area contributed by atoms with Gasteiger partial charge in [0.15, 0.2) is 11.4 Å². The Labute approximate surface area is 49.5 Å². The van der Waals surface area contributed by atoms with E-state index < -0.39 is 5.60 Å². The van der Waals surface area contributed by atoms with E-state index in [-0.39, 0.29) is 5.78 Å². The molecule has 0 aliphatic carbocycles. The molecule has 0 atom stereocenters. The monoisotopic (exact) mass is 115 g/mol. The summed E-state index contributed by atoms with van der Waals surface area (Å²) in [5, 5.41) is 10.7. The molecule has 0 bridgehead atoms. The number of hydrogen-bond donors (Lipinski definition) is 0. The largest absolute Gasteiger partial charge is 0.296 e. The van der Waals surface area contributed by atoms with Crippen LogP contribution in [0.25, 0.3) is 0 Å². The minimum absolute atomic E-state index is 0.225. The van der Waals surface area contributed by atoms with Gasteiger partial charge in [0.05, 0.1) is 0 Å². The summed E-state index contributed by atoms with van der Waals surface area (Å²) >= 11 is 0. The molecule has 0 aliphatic rings. The van der Waals surface area contributed by atoms with Crippen LogP contribution in [0.15, 0.2) is 0 Å². The minimum atomic E-state index is -1.38. The molecule has 0 heterocycles. The van der Waals surface area contributed by atoms with E-state index >= 15 is 0 Å². The molecule has 47 valence electrons. The van der Waals surface area contributed by atoms with Crippen molar-refractivity contribution in [1.82, 2.24) is 0 Å². The van der Waals surface area contributed by atoms with Crippen molar-refractivity contribution in [2.75, 3.05) is 0 Å². The van der Waals surface area contributed by atoms with Gasteiger partial charge in [-0.15, -0.1) is 0 Å². The minimum Gasteiger partial charge on any atom is -0.296 e. The second kappa shape index (κ2) is 2.27. The lowest BCUT2D eigenvalue weighted by Crippen LogP contribution is -2.28. The van der Waals surface area contributed by atoms with Crippen molar-refractivity contribution in [1.29, 1.82) is 0 Å². The lowest BCUT2D eigenvalue weighted by atomic mass is 10.0. The van der Waals surface area contributed by atoms with Crippen molar-refractivity contribution in [3.05, 3.63) is 0 Å². The van der Waals surface area contributed by atoms with E-state index in [9.17, 15) is 9.90 Å². The van der Waals surface area contributed by atoms with Gasteiger partial charge in [-0.3, -0.25) is 4.79 Å². The first-order valence-electron chi connectivity index (χ1n) is 2.72. The summed E-state index contributed by atoms with van der Waals surface area (Å²) in [5.41, 5.74) is -1.38. The first kappa shape index (κ1) is 7.63. The fraction of sp³-hybridized carbons (Fsp3) is 0.833. The molecule has 8 heavy (non-hydrogen) atoms. The van der Waals surface area contributed by atoms with Crippen LogP contribution in [-0.2, 0) is 9.90 Å². The van der Waals surface area contributed by atoms with E-state index in [2.05, 4.69) is 0 Å². The highest BCUT2D eigenvalue weighted by molar-refractivity contribution is 5.85. The van der Waals surface area contributed by atoms with Gasteiger partial charge in [0.25, 0.3) is 0 Å². The van der Waals surface area contributed by atoms with Crippen LogP contribution in [0, 0.1) is 0 Å². The molecule has 0 aromatic heterocycles. The summed E-state index contributed by atoms with van der Waals surface area (Å²) in [6.07, 6.45) is 0.344. The quantitative estimate of drug-likeness (QED) is 0.532. The number of rotatable bonds is 2. The van der Waals surface area contributed by atoms with Gasteiger partial charge in [-0.25, -0.2) is 5.11 Å². The molecule has 2 heteroatoms. The molecule has 0 saturated carbocycles. The summed E-state index contributed by atoms with van der Waals surface area (Å²) in [6.45, 7) is 4.47. The van der Waals surface area contributed by atoms with Crippen LogP contribution in [0.3, 0.4) is 0 Å². The van der Waals surface area contributed by atoms with Gasteiger partial charge in [-0.1, -0.05) is 6.92 Å². The third kappa shape index (κ3) is 2.07. The second-order valence-electron chi connectivity index (χ2n) is 2.29. The standard InChI is InChI=1S/C6H11O2/c1-4-5(7)6(2,3)8/h4H2,1-3H3. The molecule has 0 aromatic carbocycles. The highest BCUT2D eigenvalue weighted by Gasteiger charge is 2.23. The van der Waals surface area contributed by atoms with E-state index in [1.807, 2.05) is 0 Å². The molecule has 0 N–H and O–H groups in total. The maximum absolute atomic E-state index is 10.7. The average Bonchev–Trinajstić information content (AvgIpc) is 1.62. The second-order valence-corrected chi connectivity index (χ2v) is 2.29. The fourth-order valence-electron chi connectivity index (χ4n) is 0.426. The van der Waals surface area contributed by atoms with Crippen molar-refractivity contribution >= 4 is 5.78 Å². The van der Waals surface area contributed by atoms with Crippen LogP contribution in [0.5, 0.6) is 0 Å². The van der Waals surface area contributed by atoms with Crippen molar-refractivity contribution in [2.24, 2.45) is 0 Å². The lowest BCUT2D eigenvalue weighted by molar-refractivity contribution is -0.139. The van der Waals surface area contributed by atoms with Crippen molar-refractivity contribution in [2.45, 2.75) is 32.8 Å². The van der Waals surface area contributed by atoms with Crippen LogP contribution in [0.1, 0.15) is 27.2 Å². The van der Waals surface area contributed by atoms with Gasteiger partial charge < -0.3 is 0 Å². The molecular formula is C6H11O2.